The second-order valence-electron chi connectivity index (χ2n) is 7.78. The summed E-state index contributed by atoms with van der Waals surface area (Å²) in [5, 5.41) is 0. The van der Waals surface area contributed by atoms with E-state index < -0.39 is 11.9 Å². The molecule has 0 heterocycles. The molecule has 184 valence electrons. The van der Waals surface area contributed by atoms with E-state index in [1.165, 1.54) is 0 Å². The van der Waals surface area contributed by atoms with Crippen LogP contribution in [0.15, 0.2) is 66.7 Å². The van der Waals surface area contributed by atoms with Gasteiger partial charge < -0.3 is 23.7 Å². The van der Waals surface area contributed by atoms with E-state index in [1.807, 2.05) is 0 Å². The summed E-state index contributed by atoms with van der Waals surface area (Å²) >= 11 is 0. The van der Waals surface area contributed by atoms with E-state index in [4.69, 9.17) is 23.7 Å². The molecular formula is C28H30O7. The molecule has 0 fully saturated rings. The molecule has 0 radical (unpaired) electrons. The Balaban J connectivity index is 1.75. The van der Waals surface area contributed by atoms with Crippen LogP contribution < -0.4 is 23.7 Å². The smallest absolute Gasteiger partial charge is 0.315 e. The zero-order valence-corrected chi connectivity index (χ0v) is 20.2. The van der Waals surface area contributed by atoms with Crippen LogP contribution in [-0.2, 0) is 22.4 Å². The van der Waals surface area contributed by atoms with E-state index >= 15 is 0 Å². The fraction of sp³-hybridized carbons (Fsp3) is 0.286. The Morgan fingerprint density at radius 2 is 1.20 bits per heavy atom. The Morgan fingerprint density at radius 3 is 1.71 bits per heavy atom. The van der Waals surface area contributed by atoms with Crippen molar-refractivity contribution in [2.75, 3.05) is 20.8 Å². The van der Waals surface area contributed by atoms with Crippen LogP contribution in [0, 0.1) is 0 Å². The van der Waals surface area contributed by atoms with E-state index in [9.17, 15) is 9.59 Å². The molecule has 0 N–H and O–H groups in total. The molecule has 0 aliphatic rings. The molecule has 35 heavy (non-hydrogen) atoms. The minimum Gasteiger partial charge on any atom is -0.497 e. The highest BCUT2D eigenvalue weighted by atomic mass is 16.6. The van der Waals surface area contributed by atoms with Crippen molar-refractivity contribution in [1.29, 1.82) is 0 Å². The number of unbranched alkanes of at least 4 members (excludes halogenated alkanes) is 1. The minimum atomic E-state index is -0.505. The Labute approximate surface area is 205 Å². The van der Waals surface area contributed by atoms with Crippen molar-refractivity contribution in [3.05, 3.63) is 77.9 Å². The molecule has 0 saturated carbocycles. The van der Waals surface area contributed by atoms with Crippen LogP contribution in [0.2, 0.25) is 0 Å². The first kappa shape index (κ1) is 25.6. The van der Waals surface area contributed by atoms with E-state index in [0.717, 1.165) is 24.0 Å². The molecule has 0 amide bonds. The van der Waals surface area contributed by atoms with Gasteiger partial charge in [-0.25, -0.2) is 0 Å². The molecule has 3 aromatic rings. The van der Waals surface area contributed by atoms with Crippen LogP contribution in [0.3, 0.4) is 0 Å². The van der Waals surface area contributed by atoms with Gasteiger partial charge in [0.25, 0.3) is 0 Å². The number of esters is 2. The summed E-state index contributed by atoms with van der Waals surface area (Å²) in [5.74, 6) is 0.956. The van der Waals surface area contributed by atoms with Crippen LogP contribution >= 0.6 is 0 Å². The highest BCUT2D eigenvalue weighted by molar-refractivity contribution is 5.79. The lowest BCUT2D eigenvalue weighted by Gasteiger charge is -2.15. The number of carbonyl (C=O) groups is 2. The first-order valence-corrected chi connectivity index (χ1v) is 11.5. The quantitative estimate of drug-likeness (QED) is 0.202. The van der Waals surface area contributed by atoms with Crippen molar-refractivity contribution in [3.63, 3.8) is 0 Å². The van der Waals surface area contributed by atoms with E-state index in [1.54, 1.807) is 80.9 Å². The van der Waals surface area contributed by atoms with Crippen LogP contribution in [0.5, 0.6) is 28.7 Å². The molecule has 0 saturated heterocycles. The molecule has 0 spiro atoms. The molecule has 0 aliphatic heterocycles. The zero-order valence-electron chi connectivity index (χ0n) is 20.2. The number of methoxy groups -OCH3 is 2. The van der Waals surface area contributed by atoms with Gasteiger partial charge in [0, 0.05) is 0 Å². The Kier molecular flexibility index (Phi) is 9.54. The SMILES string of the molecule is CCCCOc1cccc(OC(=O)Cc2ccc(OC)cc2)c1OC(=O)Cc1ccc(OC)cc1. The van der Waals surface area contributed by atoms with Gasteiger partial charge in [-0.05, 0) is 53.9 Å². The molecule has 7 nitrogen and oxygen atoms in total. The van der Waals surface area contributed by atoms with Crippen LogP contribution in [0.4, 0.5) is 0 Å². The standard InChI is InChI=1S/C28H30O7/c1-4-5-17-33-24-7-6-8-25(34-26(29)18-20-9-13-22(31-2)14-10-20)28(24)35-27(30)19-21-11-15-23(32-3)16-12-21/h6-16H,4-5,17-19H2,1-3H3. The number of benzene rings is 3. The number of carbonyl (C=O) groups excluding carboxylic acids is 2. The van der Waals surface area contributed by atoms with E-state index in [0.29, 0.717) is 23.9 Å². The summed E-state index contributed by atoms with van der Waals surface area (Å²) in [6, 6.07) is 19.2. The first-order valence-electron chi connectivity index (χ1n) is 11.5. The number of rotatable bonds is 12. The normalized spacial score (nSPS) is 10.4. The van der Waals surface area contributed by atoms with Gasteiger partial charge >= 0.3 is 11.9 Å². The van der Waals surface area contributed by atoms with Gasteiger partial charge in [0.05, 0.1) is 33.7 Å². The van der Waals surface area contributed by atoms with Crippen LogP contribution in [0.25, 0.3) is 0 Å². The van der Waals surface area contributed by atoms with Gasteiger partial charge in [-0.2, -0.15) is 0 Å². The van der Waals surface area contributed by atoms with Crippen LogP contribution in [0.1, 0.15) is 30.9 Å². The predicted molar refractivity (Wildman–Crippen MR) is 132 cm³/mol. The van der Waals surface area contributed by atoms with Crippen molar-refractivity contribution in [1.82, 2.24) is 0 Å². The maximum atomic E-state index is 12.7. The zero-order chi connectivity index (χ0) is 25.0. The van der Waals surface area contributed by atoms with Gasteiger partial charge in [0.15, 0.2) is 11.5 Å². The molecule has 0 bridgehead atoms. The maximum Gasteiger partial charge on any atom is 0.315 e. The third-order valence-corrected chi connectivity index (χ3v) is 5.15. The molecule has 0 unspecified atom stereocenters. The highest BCUT2D eigenvalue weighted by Crippen LogP contribution is 2.38. The summed E-state index contributed by atoms with van der Waals surface area (Å²) in [6.07, 6.45) is 1.86. The molecule has 0 aliphatic carbocycles. The topological polar surface area (TPSA) is 80.3 Å². The lowest BCUT2D eigenvalue weighted by molar-refractivity contribution is -0.136. The molecule has 0 atom stereocenters. The van der Waals surface area contributed by atoms with Gasteiger partial charge in [-0.3, -0.25) is 9.59 Å². The number of para-hydroxylation sites is 1. The second-order valence-corrected chi connectivity index (χ2v) is 7.78. The summed E-state index contributed by atoms with van der Waals surface area (Å²) in [7, 11) is 3.16. The Hall–Kier alpha value is -4.00. The number of hydrogen-bond acceptors (Lipinski definition) is 7. The monoisotopic (exact) mass is 478 g/mol. The van der Waals surface area contributed by atoms with Crippen molar-refractivity contribution in [2.45, 2.75) is 32.6 Å². The number of ether oxygens (including phenoxy) is 5. The summed E-state index contributed by atoms with van der Waals surface area (Å²) in [5.41, 5.74) is 1.53. The van der Waals surface area contributed by atoms with Crippen molar-refractivity contribution >= 4 is 11.9 Å². The molecule has 3 aromatic carbocycles. The van der Waals surface area contributed by atoms with Gasteiger partial charge in [-0.1, -0.05) is 43.7 Å². The second kappa shape index (κ2) is 13.0. The Bertz CT molecular complexity index is 1110. The summed E-state index contributed by atoms with van der Waals surface area (Å²) < 4.78 is 27.4. The fourth-order valence-electron chi connectivity index (χ4n) is 3.25. The molecule has 3 rings (SSSR count). The van der Waals surface area contributed by atoms with E-state index in [-0.39, 0.29) is 24.3 Å². The predicted octanol–water partition coefficient (Wildman–Crippen LogP) is 5.18. The average molecular weight is 479 g/mol. The van der Waals surface area contributed by atoms with Crippen molar-refractivity contribution < 1.29 is 33.3 Å². The van der Waals surface area contributed by atoms with Crippen LogP contribution in [-0.4, -0.2) is 32.8 Å². The average Bonchev–Trinajstić information content (AvgIpc) is 2.86. The summed E-state index contributed by atoms with van der Waals surface area (Å²) in [6.45, 7) is 2.50. The Morgan fingerprint density at radius 1 is 0.686 bits per heavy atom. The summed E-state index contributed by atoms with van der Waals surface area (Å²) in [4.78, 5) is 25.4. The molecule has 7 heteroatoms. The lowest BCUT2D eigenvalue weighted by Crippen LogP contribution is -2.16. The molecule has 0 aromatic heterocycles. The third-order valence-electron chi connectivity index (χ3n) is 5.15. The number of hydrogen-bond donors (Lipinski definition) is 0. The van der Waals surface area contributed by atoms with Crippen molar-refractivity contribution in [3.8, 4) is 28.7 Å². The lowest BCUT2D eigenvalue weighted by atomic mass is 10.1. The highest BCUT2D eigenvalue weighted by Gasteiger charge is 2.20. The third kappa shape index (κ3) is 7.78. The van der Waals surface area contributed by atoms with Crippen molar-refractivity contribution in [2.24, 2.45) is 0 Å². The molecular weight excluding hydrogens is 448 g/mol. The fourth-order valence-corrected chi connectivity index (χ4v) is 3.25. The largest absolute Gasteiger partial charge is 0.497 e. The maximum absolute atomic E-state index is 12.7. The van der Waals surface area contributed by atoms with Gasteiger partial charge in [0.1, 0.15) is 11.5 Å². The van der Waals surface area contributed by atoms with E-state index in [2.05, 4.69) is 6.92 Å². The van der Waals surface area contributed by atoms with Gasteiger partial charge in [0.2, 0.25) is 5.75 Å². The van der Waals surface area contributed by atoms with Gasteiger partial charge in [-0.15, -0.1) is 0 Å². The minimum absolute atomic E-state index is 0.0342. The first-order chi connectivity index (χ1) is 17.0.